The zero-order valence-corrected chi connectivity index (χ0v) is 18.8. The van der Waals surface area contributed by atoms with Gasteiger partial charge in [0.25, 0.3) is 5.91 Å². The second kappa shape index (κ2) is 9.82. The number of hydrogen-bond acceptors (Lipinski definition) is 7. The van der Waals surface area contributed by atoms with Crippen LogP contribution in [0.5, 0.6) is 11.5 Å². The van der Waals surface area contributed by atoms with Gasteiger partial charge in [-0.25, -0.2) is 0 Å². The number of methoxy groups -OCH3 is 3. The highest BCUT2D eigenvalue weighted by Gasteiger charge is 2.16. The van der Waals surface area contributed by atoms with Crippen molar-refractivity contribution in [2.75, 3.05) is 27.1 Å². The van der Waals surface area contributed by atoms with E-state index in [4.69, 9.17) is 14.2 Å². The number of rotatable bonds is 7. The molecule has 0 saturated carbocycles. The van der Waals surface area contributed by atoms with Gasteiger partial charge in [0, 0.05) is 22.6 Å². The molecule has 0 saturated heterocycles. The first-order valence-electron chi connectivity index (χ1n) is 9.14. The van der Waals surface area contributed by atoms with Crippen molar-refractivity contribution in [3.8, 4) is 11.5 Å². The first-order valence-corrected chi connectivity index (χ1v) is 10.9. The molecule has 9 heteroatoms. The molecule has 1 heterocycles. The number of ether oxygens (including phenoxy) is 3. The third-order valence-electron chi connectivity index (χ3n) is 4.31. The molecule has 0 bridgehead atoms. The lowest BCUT2D eigenvalue weighted by Crippen LogP contribution is -2.22. The van der Waals surface area contributed by atoms with Crippen LogP contribution in [0.1, 0.15) is 17.3 Å². The normalized spacial score (nSPS) is 11.5. The standard InChI is InChI=1S/C21H22N2O5S2/c1-5-29-14-8-6-13(7-9-14)20(25)22-21-23(12-19(24)28-4)15-10-16(26-2)17(27-3)11-18(15)30-21/h6-11H,5,12H2,1-4H3. The van der Waals surface area contributed by atoms with Crippen molar-refractivity contribution in [2.45, 2.75) is 18.4 Å². The SMILES string of the molecule is CCSc1ccc(C(=O)N=c2sc3cc(OC)c(OC)cc3n2CC(=O)OC)cc1. The van der Waals surface area contributed by atoms with Gasteiger partial charge < -0.3 is 18.8 Å². The summed E-state index contributed by atoms with van der Waals surface area (Å²) in [5, 5.41) is 0. The van der Waals surface area contributed by atoms with E-state index in [9.17, 15) is 9.59 Å². The van der Waals surface area contributed by atoms with Crippen molar-refractivity contribution in [3.63, 3.8) is 0 Å². The Morgan fingerprint density at radius 3 is 2.33 bits per heavy atom. The van der Waals surface area contributed by atoms with E-state index in [1.807, 2.05) is 12.1 Å². The molecule has 0 fully saturated rings. The van der Waals surface area contributed by atoms with Crippen molar-refractivity contribution in [3.05, 3.63) is 46.8 Å². The topological polar surface area (TPSA) is 79.1 Å². The van der Waals surface area contributed by atoms with E-state index in [-0.39, 0.29) is 12.5 Å². The molecule has 30 heavy (non-hydrogen) atoms. The maximum absolute atomic E-state index is 12.8. The Hall–Kier alpha value is -2.78. The van der Waals surface area contributed by atoms with Gasteiger partial charge in [0.2, 0.25) is 0 Å². The van der Waals surface area contributed by atoms with Crippen molar-refractivity contribution in [1.82, 2.24) is 4.57 Å². The summed E-state index contributed by atoms with van der Waals surface area (Å²) in [5.74, 6) is 1.20. The molecular weight excluding hydrogens is 424 g/mol. The van der Waals surface area contributed by atoms with E-state index < -0.39 is 5.97 Å². The predicted molar refractivity (Wildman–Crippen MR) is 118 cm³/mol. The van der Waals surface area contributed by atoms with Gasteiger partial charge in [0.1, 0.15) is 6.54 Å². The minimum absolute atomic E-state index is 0.0792. The lowest BCUT2D eigenvalue weighted by molar-refractivity contribution is -0.141. The second-order valence-corrected chi connectivity index (χ2v) is 8.44. The Morgan fingerprint density at radius 1 is 1.07 bits per heavy atom. The number of carbonyl (C=O) groups excluding carboxylic acids is 2. The van der Waals surface area contributed by atoms with Gasteiger partial charge in [-0.15, -0.1) is 11.8 Å². The largest absolute Gasteiger partial charge is 0.493 e. The van der Waals surface area contributed by atoms with Gasteiger partial charge in [-0.05, 0) is 30.0 Å². The Kier molecular flexibility index (Phi) is 7.17. The molecular formula is C21H22N2O5S2. The highest BCUT2D eigenvalue weighted by Crippen LogP contribution is 2.33. The average molecular weight is 447 g/mol. The minimum Gasteiger partial charge on any atom is -0.493 e. The van der Waals surface area contributed by atoms with Crippen molar-refractivity contribution in [1.29, 1.82) is 0 Å². The number of hydrogen-bond donors (Lipinski definition) is 0. The molecule has 0 aliphatic carbocycles. The molecule has 1 amide bonds. The van der Waals surface area contributed by atoms with Crippen LogP contribution in [0.25, 0.3) is 10.2 Å². The molecule has 0 N–H and O–H groups in total. The smallest absolute Gasteiger partial charge is 0.325 e. The monoisotopic (exact) mass is 446 g/mol. The summed E-state index contributed by atoms with van der Waals surface area (Å²) in [4.78, 5) is 30.5. The minimum atomic E-state index is -0.445. The third kappa shape index (κ3) is 4.68. The molecule has 0 aliphatic rings. The number of thioether (sulfide) groups is 1. The van der Waals surface area contributed by atoms with Crippen LogP contribution < -0.4 is 14.3 Å². The van der Waals surface area contributed by atoms with Gasteiger partial charge in [-0.3, -0.25) is 9.59 Å². The number of carbonyl (C=O) groups is 2. The maximum atomic E-state index is 12.8. The van der Waals surface area contributed by atoms with Crippen LogP contribution in [0.3, 0.4) is 0 Å². The summed E-state index contributed by atoms with van der Waals surface area (Å²) in [7, 11) is 4.41. The van der Waals surface area contributed by atoms with Gasteiger partial charge in [0.05, 0.1) is 31.5 Å². The van der Waals surface area contributed by atoms with Crippen molar-refractivity contribution in [2.24, 2.45) is 4.99 Å². The summed E-state index contributed by atoms with van der Waals surface area (Å²) in [6.07, 6.45) is 0. The van der Waals surface area contributed by atoms with E-state index in [1.165, 1.54) is 25.6 Å². The van der Waals surface area contributed by atoms with E-state index in [2.05, 4.69) is 11.9 Å². The fourth-order valence-electron chi connectivity index (χ4n) is 2.84. The van der Waals surface area contributed by atoms with Crippen molar-refractivity contribution < 1.29 is 23.8 Å². The highest BCUT2D eigenvalue weighted by molar-refractivity contribution is 7.99. The fourth-order valence-corrected chi connectivity index (χ4v) is 4.54. The van der Waals surface area contributed by atoms with E-state index >= 15 is 0 Å². The quantitative estimate of drug-likeness (QED) is 0.406. The molecule has 0 unspecified atom stereocenters. The number of aromatic nitrogens is 1. The Balaban J connectivity index is 2.11. The molecule has 7 nitrogen and oxygen atoms in total. The first-order chi connectivity index (χ1) is 14.5. The molecule has 1 aromatic heterocycles. The number of fused-ring (bicyclic) bond motifs is 1. The molecule has 3 aromatic rings. The molecule has 0 aliphatic heterocycles. The van der Waals surface area contributed by atoms with E-state index in [0.29, 0.717) is 27.4 Å². The molecule has 0 atom stereocenters. The van der Waals surface area contributed by atoms with Gasteiger partial charge >= 0.3 is 5.97 Å². The lowest BCUT2D eigenvalue weighted by atomic mass is 10.2. The van der Waals surface area contributed by atoms with Crippen LogP contribution in [-0.4, -0.2) is 43.5 Å². The summed E-state index contributed by atoms with van der Waals surface area (Å²) < 4.78 is 18.0. The Labute approximate surface area is 182 Å². The number of amides is 1. The molecule has 2 aromatic carbocycles. The molecule has 0 spiro atoms. The van der Waals surface area contributed by atoms with E-state index in [0.717, 1.165) is 15.3 Å². The number of thiazole rings is 1. The summed E-state index contributed by atoms with van der Waals surface area (Å²) in [5.41, 5.74) is 1.18. The molecule has 3 rings (SSSR count). The summed E-state index contributed by atoms with van der Waals surface area (Å²) in [6.45, 7) is 1.99. The van der Waals surface area contributed by atoms with Gasteiger partial charge in [-0.2, -0.15) is 4.99 Å². The number of esters is 1. The number of benzene rings is 2. The lowest BCUT2D eigenvalue weighted by Gasteiger charge is -2.09. The van der Waals surface area contributed by atoms with Crippen LogP contribution in [0.15, 0.2) is 46.3 Å². The van der Waals surface area contributed by atoms with Gasteiger partial charge in [-0.1, -0.05) is 18.3 Å². The molecule has 158 valence electrons. The Bertz CT molecular complexity index is 1130. The molecule has 0 radical (unpaired) electrons. The third-order valence-corrected chi connectivity index (χ3v) is 6.25. The highest BCUT2D eigenvalue weighted by atomic mass is 32.2. The number of nitrogens with zero attached hydrogens (tertiary/aromatic N) is 2. The predicted octanol–water partition coefficient (Wildman–Crippen LogP) is 3.75. The first kappa shape index (κ1) is 21.9. The zero-order valence-electron chi connectivity index (χ0n) is 17.1. The van der Waals surface area contributed by atoms with Crippen LogP contribution in [0.2, 0.25) is 0 Å². The summed E-state index contributed by atoms with van der Waals surface area (Å²) in [6, 6.07) is 10.9. The summed E-state index contributed by atoms with van der Waals surface area (Å²) >= 11 is 2.99. The maximum Gasteiger partial charge on any atom is 0.325 e. The van der Waals surface area contributed by atoms with Gasteiger partial charge in [0.15, 0.2) is 16.3 Å². The Morgan fingerprint density at radius 2 is 1.73 bits per heavy atom. The van der Waals surface area contributed by atoms with Crippen LogP contribution >= 0.6 is 23.1 Å². The average Bonchev–Trinajstić information content (AvgIpc) is 3.08. The van der Waals surface area contributed by atoms with Crippen LogP contribution in [0, 0.1) is 0 Å². The zero-order chi connectivity index (χ0) is 21.7. The second-order valence-electron chi connectivity index (χ2n) is 6.10. The van der Waals surface area contributed by atoms with Crippen LogP contribution in [-0.2, 0) is 16.1 Å². The van der Waals surface area contributed by atoms with Crippen LogP contribution in [0.4, 0.5) is 0 Å². The van der Waals surface area contributed by atoms with E-state index in [1.54, 1.807) is 47.7 Å². The fraction of sp³-hybridized carbons (Fsp3) is 0.286. The van der Waals surface area contributed by atoms with Crippen molar-refractivity contribution >= 4 is 45.2 Å².